The average molecular weight is 297 g/mol. The summed E-state index contributed by atoms with van der Waals surface area (Å²) in [5, 5.41) is 9.53. The maximum atomic E-state index is 9.53. The molecule has 3 N–H and O–H groups in total. The van der Waals surface area contributed by atoms with Crippen molar-refractivity contribution in [2.75, 3.05) is 13.2 Å². The van der Waals surface area contributed by atoms with Gasteiger partial charge in [0.15, 0.2) is 0 Å². The van der Waals surface area contributed by atoms with Crippen LogP contribution in [0.3, 0.4) is 0 Å². The molecule has 5 atom stereocenters. The molecule has 0 heterocycles. The molecule has 0 aromatic heterocycles. The highest BCUT2D eigenvalue weighted by Crippen LogP contribution is 2.38. The summed E-state index contributed by atoms with van der Waals surface area (Å²) in [5.74, 6) is 2.65. The van der Waals surface area contributed by atoms with Crippen LogP contribution in [0.4, 0.5) is 0 Å². The summed E-state index contributed by atoms with van der Waals surface area (Å²) >= 11 is 0. The molecule has 3 heteroatoms. The number of aliphatic hydroxyl groups is 1. The van der Waals surface area contributed by atoms with Crippen molar-refractivity contribution in [3.63, 3.8) is 0 Å². The molecule has 3 nitrogen and oxygen atoms in total. The molecule has 5 unspecified atom stereocenters. The topological polar surface area (TPSA) is 55.5 Å². The van der Waals surface area contributed by atoms with Crippen LogP contribution in [0.15, 0.2) is 0 Å². The summed E-state index contributed by atoms with van der Waals surface area (Å²) in [4.78, 5) is 0. The van der Waals surface area contributed by atoms with Gasteiger partial charge in [0.1, 0.15) is 0 Å². The van der Waals surface area contributed by atoms with Gasteiger partial charge in [0.05, 0.1) is 12.7 Å². The molecule has 0 aromatic rings. The monoisotopic (exact) mass is 297 g/mol. The standard InChI is InChI=1S/C18H35NO2/c1-13(2)16-7-6-14(3)11-17(16)21-10-8-15-5-4-9-18(15,19)12-20/h13-17,20H,4-12,19H2,1-3H3. The minimum absolute atomic E-state index is 0.118. The third-order valence-corrected chi connectivity index (χ3v) is 6.06. The zero-order valence-electron chi connectivity index (χ0n) is 14.2. The van der Waals surface area contributed by atoms with Crippen LogP contribution in [-0.2, 0) is 4.74 Å². The minimum Gasteiger partial charge on any atom is -0.394 e. The molecule has 0 aliphatic heterocycles. The number of nitrogens with two attached hydrogens (primary N) is 1. The molecule has 2 rings (SSSR count). The van der Waals surface area contributed by atoms with Gasteiger partial charge in [-0.3, -0.25) is 0 Å². The van der Waals surface area contributed by atoms with E-state index in [1.165, 1.54) is 19.3 Å². The lowest BCUT2D eigenvalue weighted by Crippen LogP contribution is -2.47. The maximum Gasteiger partial charge on any atom is 0.0613 e. The van der Waals surface area contributed by atoms with Crippen molar-refractivity contribution in [2.24, 2.45) is 29.4 Å². The second-order valence-corrected chi connectivity index (χ2v) is 8.00. The number of ether oxygens (including phenoxy) is 1. The van der Waals surface area contributed by atoms with E-state index in [0.717, 1.165) is 38.2 Å². The van der Waals surface area contributed by atoms with E-state index >= 15 is 0 Å². The largest absolute Gasteiger partial charge is 0.394 e. The van der Waals surface area contributed by atoms with Crippen molar-refractivity contribution < 1.29 is 9.84 Å². The Morgan fingerprint density at radius 1 is 1.29 bits per heavy atom. The Hall–Kier alpha value is -0.120. The van der Waals surface area contributed by atoms with Crippen LogP contribution < -0.4 is 5.73 Å². The molecule has 0 radical (unpaired) electrons. The van der Waals surface area contributed by atoms with E-state index in [1.54, 1.807) is 0 Å². The normalized spacial score (nSPS) is 40.9. The van der Waals surface area contributed by atoms with Crippen LogP contribution in [0.5, 0.6) is 0 Å². The zero-order chi connectivity index (χ0) is 15.5. The van der Waals surface area contributed by atoms with Crippen molar-refractivity contribution in [3.8, 4) is 0 Å². The van der Waals surface area contributed by atoms with Gasteiger partial charge in [-0.15, -0.1) is 0 Å². The second kappa shape index (κ2) is 7.43. The van der Waals surface area contributed by atoms with E-state index < -0.39 is 0 Å². The lowest BCUT2D eigenvalue weighted by molar-refractivity contribution is -0.0448. The third-order valence-electron chi connectivity index (χ3n) is 6.06. The van der Waals surface area contributed by atoms with Gasteiger partial charge in [0.2, 0.25) is 0 Å². The molecule has 2 aliphatic carbocycles. The Kier molecular flexibility index (Phi) is 6.10. The van der Waals surface area contributed by atoms with Gasteiger partial charge in [-0.25, -0.2) is 0 Å². The molecule has 2 aliphatic rings. The first kappa shape index (κ1) is 17.2. The molecule has 2 fully saturated rings. The van der Waals surface area contributed by atoms with Crippen LogP contribution in [0.25, 0.3) is 0 Å². The third kappa shape index (κ3) is 4.20. The van der Waals surface area contributed by atoms with Gasteiger partial charge < -0.3 is 15.6 Å². The summed E-state index contributed by atoms with van der Waals surface area (Å²) in [7, 11) is 0. The number of hydrogen-bond acceptors (Lipinski definition) is 3. The Morgan fingerprint density at radius 3 is 2.71 bits per heavy atom. The quantitative estimate of drug-likeness (QED) is 0.790. The van der Waals surface area contributed by atoms with Crippen molar-refractivity contribution in [2.45, 2.75) is 77.4 Å². The Balaban J connectivity index is 1.81. The van der Waals surface area contributed by atoms with Gasteiger partial charge in [0.25, 0.3) is 0 Å². The average Bonchev–Trinajstić information content (AvgIpc) is 2.81. The number of aliphatic hydroxyl groups excluding tert-OH is 1. The highest BCUT2D eigenvalue weighted by molar-refractivity contribution is 4.96. The molecule has 2 saturated carbocycles. The Morgan fingerprint density at radius 2 is 2.05 bits per heavy atom. The first-order chi connectivity index (χ1) is 9.96. The van der Waals surface area contributed by atoms with Gasteiger partial charge in [-0.1, -0.05) is 33.6 Å². The first-order valence-electron chi connectivity index (χ1n) is 8.97. The smallest absolute Gasteiger partial charge is 0.0613 e. The van der Waals surface area contributed by atoms with Crippen molar-refractivity contribution >= 4 is 0 Å². The molecule has 0 saturated heterocycles. The predicted molar refractivity (Wildman–Crippen MR) is 87.0 cm³/mol. The molecular weight excluding hydrogens is 262 g/mol. The lowest BCUT2D eigenvalue weighted by atomic mass is 9.75. The van der Waals surface area contributed by atoms with Gasteiger partial charge in [-0.2, -0.15) is 0 Å². The second-order valence-electron chi connectivity index (χ2n) is 8.00. The predicted octanol–water partition coefficient (Wildman–Crippen LogP) is 3.34. The summed E-state index contributed by atoms with van der Waals surface area (Å²) in [6.45, 7) is 7.92. The van der Waals surface area contributed by atoms with Crippen LogP contribution in [0, 0.1) is 23.7 Å². The Labute approximate surface area is 130 Å². The van der Waals surface area contributed by atoms with Crippen molar-refractivity contribution in [1.82, 2.24) is 0 Å². The highest BCUT2D eigenvalue weighted by Gasteiger charge is 2.39. The molecule has 0 spiro atoms. The van der Waals surface area contributed by atoms with E-state index in [9.17, 15) is 5.11 Å². The van der Waals surface area contributed by atoms with E-state index in [0.29, 0.717) is 23.9 Å². The van der Waals surface area contributed by atoms with Crippen molar-refractivity contribution in [1.29, 1.82) is 0 Å². The maximum absolute atomic E-state index is 9.53. The molecular formula is C18H35NO2. The highest BCUT2D eigenvalue weighted by atomic mass is 16.5. The van der Waals surface area contributed by atoms with E-state index in [1.807, 2.05) is 0 Å². The van der Waals surface area contributed by atoms with Crippen LogP contribution in [0.1, 0.15) is 65.7 Å². The zero-order valence-corrected chi connectivity index (χ0v) is 14.2. The Bertz CT molecular complexity index is 320. The fraction of sp³-hybridized carbons (Fsp3) is 1.00. The fourth-order valence-corrected chi connectivity index (χ4v) is 4.48. The molecule has 124 valence electrons. The summed E-state index contributed by atoms with van der Waals surface area (Å²) in [6.07, 6.45) is 8.56. The molecule has 21 heavy (non-hydrogen) atoms. The van der Waals surface area contributed by atoms with Crippen molar-refractivity contribution in [3.05, 3.63) is 0 Å². The minimum atomic E-state index is -0.347. The van der Waals surface area contributed by atoms with E-state index in [2.05, 4.69) is 20.8 Å². The van der Waals surface area contributed by atoms with Gasteiger partial charge in [0, 0.05) is 12.1 Å². The molecule has 0 aromatic carbocycles. The fourth-order valence-electron chi connectivity index (χ4n) is 4.48. The lowest BCUT2D eigenvalue weighted by Gasteiger charge is -2.37. The van der Waals surface area contributed by atoms with Gasteiger partial charge in [-0.05, 0) is 55.8 Å². The van der Waals surface area contributed by atoms with E-state index in [4.69, 9.17) is 10.5 Å². The summed E-state index contributed by atoms with van der Waals surface area (Å²) in [5.41, 5.74) is 5.97. The number of rotatable bonds is 6. The van der Waals surface area contributed by atoms with Gasteiger partial charge >= 0.3 is 0 Å². The summed E-state index contributed by atoms with van der Waals surface area (Å²) in [6, 6.07) is 0. The molecule has 0 bridgehead atoms. The SMILES string of the molecule is CC1CCC(C(C)C)C(OCCC2CCCC2(N)CO)C1. The summed E-state index contributed by atoms with van der Waals surface area (Å²) < 4.78 is 6.29. The first-order valence-corrected chi connectivity index (χ1v) is 8.97. The van der Waals surface area contributed by atoms with Crippen LogP contribution in [-0.4, -0.2) is 30.0 Å². The molecule has 0 amide bonds. The number of hydrogen-bond donors (Lipinski definition) is 2. The van der Waals surface area contributed by atoms with Crippen LogP contribution >= 0.6 is 0 Å². The van der Waals surface area contributed by atoms with Crippen LogP contribution in [0.2, 0.25) is 0 Å². The van der Waals surface area contributed by atoms with E-state index in [-0.39, 0.29) is 12.1 Å².